The molecule has 0 aliphatic heterocycles. The molecule has 0 aromatic carbocycles. The van der Waals surface area contributed by atoms with Crippen LogP contribution >= 0.6 is 0 Å². The molecule has 3 saturated carbocycles. The first-order valence-corrected chi connectivity index (χ1v) is 15.5. The molecule has 0 bridgehead atoms. The third-order valence-electron chi connectivity index (χ3n) is 11.3. The molecule has 4 aliphatic carbocycles. The van der Waals surface area contributed by atoms with Crippen molar-refractivity contribution in [2.45, 2.75) is 118 Å². The number of carbonyl (C=O) groups is 1. The minimum absolute atomic E-state index is 0. The van der Waals surface area contributed by atoms with E-state index in [1.165, 1.54) is 24.8 Å². The molecule has 3 fully saturated rings. The van der Waals surface area contributed by atoms with Gasteiger partial charge in [-0.25, -0.2) is 8.42 Å². The van der Waals surface area contributed by atoms with Gasteiger partial charge in [-0.2, -0.15) is 0 Å². The molecule has 0 N–H and O–H groups in total. The summed E-state index contributed by atoms with van der Waals surface area (Å²) in [6.07, 6.45) is 12.2. The Labute approximate surface area is 262 Å². The van der Waals surface area contributed by atoms with E-state index in [0.29, 0.717) is 42.8 Å². The molecule has 4 rings (SSSR count). The summed E-state index contributed by atoms with van der Waals surface area (Å²) in [6, 6.07) is 0. The van der Waals surface area contributed by atoms with Gasteiger partial charge in [-0.05, 0) is 85.4 Å². The first-order chi connectivity index (χ1) is 16.3. The second kappa shape index (κ2) is 11.4. The average Bonchev–Trinajstić information content (AvgIpc) is 3.00. The standard InChI is InChI=1S/C29H48O5S.K/c1-7-29-24-12-11-21-17-22(34-35(31,32)33)13-15-27(21,5)23(24)14-16-28(29,6)25(18-26(29)30)20(4)10-8-9-19(2)3;/h12,19-23,25H,7-11,13-18H2,1-6H3,(H,31,32,33);/q;+1/p-1/t20-,21+,22+,23?,25-,27+,28-,29-;/m1./s1. The number of Topliss-reactive ketones (excluding diaryl/α,β-unsaturated/α-hetero) is 1. The maximum Gasteiger partial charge on any atom is 1.00 e. The molecular formula is C29H47KO5S. The van der Waals surface area contributed by atoms with Crippen molar-refractivity contribution in [1.29, 1.82) is 0 Å². The molecule has 200 valence electrons. The monoisotopic (exact) mass is 546 g/mol. The van der Waals surface area contributed by atoms with E-state index in [2.05, 4.69) is 47.6 Å². The molecule has 8 atom stereocenters. The summed E-state index contributed by atoms with van der Waals surface area (Å²) in [4.78, 5) is 14.0. The Hall–Kier alpha value is 0.916. The first-order valence-electron chi connectivity index (χ1n) is 14.2. The number of fused-ring (bicyclic) bond motifs is 5. The van der Waals surface area contributed by atoms with Crippen molar-refractivity contribution in [2.75, 3.05) is 0 Å². The number of hydrogen-bond donors (Lipinski definition) is 0. The van der Waals surface area contributed by atoms with Gasteiger partial charge in [-0.1, -0.05) is 72.5 Å². The van der Waals surface area contributed by atoms with Gasteiger partial charge >= 0.3 is 51.4 Å². The molecule has 0 radical (unpaired) electrons. The summed E-state index contributed by atoms with van der Waals surface area (Å²) in [7, 11) is -4.68. The second-order valence-electron chi connectivity index (χ2n) is 13.3. The fourth-order valence-corrected chi connectivity index (χ4v) is 9.94. The van der Waals surface area contributed by atoms with E-state index in [-0.39, 0.29) is 73.5 Å². The van der Waals surface area contributed by atoms with Crippen LogP contribution in [0.2, 0.25) is 0 Å². The number of ketones is 1. The van der Waals surface area contributed by atoms with Crippen molar-refractivity contribution < 1.29 is 73.3 Å². The quantitative estimate of drug-likeness (QED) is 0.200. The van der Waals surface area contributed by atoms with Crippen LogP contribution in [0.5, 0.6) is 0 Å². The molecule has 0 aromatic heterocycles. The van der Waals surface area contributed by atoms with Gasteiger partial charge in [-0.3, -0.25) is 8.98 Å². The van der Waals surface area contributed by atoms with Crippen LogP contribution in [-0.2, 0) is 19.4 Å². The maximum atomic E-state index is 14.0. The van der Waals surface area contributed by atoms with Gasteiger partial charge < -0.3 is 4.55 Å². The molecule has 0 saturated heterocycles. The largest absolute Gasteiger partial charge is 1.00 e. The molecule has 1 unspecified atom stereocenters. The van der Waals surface area contributed by atoms with E-state index in [9.17, 15) is 17.8 Å². The molecule has 4 aliphatic rings. The molecular weight excluding hydrogens is 499 g/mol. The number of hydrogen-bond acceptors (Lipinski definition) is 5. The average molecular weight is 547 g/mol. The summed E-state index contributed by atoms with van der Waals surface area (Å²) >= 11 is 0. The van der Waals surface area contributed by atoms with Gasteiger partial charge in [0.05, 0.1) is 11.5 Å². The van der Waals surface area contributed by atoms with E-state index in [4.69, 9.17) is 4.18 Å². The summed E-state index contributed by atoms with van der Waals surface area (Å²) in [5, 5.41) is 0. The van der Waals surface area contributed by atoms with Crippen molar-refractivity contribution in [3.8, 4) is 0 Å². The summed E-state index contributed by atoms with van der Waals surface area (Å²) in [6.45, 7) is 14.0. The van der Waals surface area contributed by atoms with E-state index in [0.717, 1.165) is 38.0 Å². The molecule has 0 amide bonds. The van der Waals surface area contributed by atoms with Gasteiger partial charge in [0, 0.05) is 6.42 Å². The van der Waals surface area contributed by atoms with Crippen molar-refractivity contribution >= 4 is 16.2 Å². The van der Waals surface area contributed by atoms with Gasteiger partial charge in [0.25, 0.3) is 0 Å². The van der Waals surface area contributed by atoms with Crippen LogP contribution in [0.15, 0.2) is 11.6 Å². The van der Waals surface area contributed by atoms with E-state index >= 15 is 0 Å². The van der Waals surface area contributed by atoms with Crippen LogP contribution in [0.25, 0.3) is 0 Å². The van der Waals surface area contributed by atoms with E-state index in [1.807, 2.05) is 0 Å². The van der Waals surface area contributed by atoms with Crippen molar-refractivity contribution in [3.63, 3.8) is 0 Å². The summed E-state index contributed by atoms with van der Waals surface area (Å²) in [5.41, 5.74) is 1.09. The van der Waals surface area contributed by atoms with Crippen molar-refractivity contribution in [2.24, 2.45) is 45.8 Å². The summed E-state index contributed by atoms with van der Waals surface area (Å²) in [5.74, 6) is 2.84. The number of rotatable bonds is 8. The Morgan fingerprint density at radius 1 is 1.14 bits per heavy atom. The van der Waals surface area contributed by atoms with Crippen molar-refractivity contribution in [1.82, 2.24) is 0 Å². The van der Waals surface area contributed by atoms with E-state index < -0.39 is 16.5 Å². The molecule has 5 nitrogen and oxygen atoms in total. The third kappa shape index (κ3) is 5.32. The topological polar surface area (TPSA) is 83.5 Å². The first kappa shape index (κ1) is 31.4. The van der Waals surface area contributed by atoms with Crippen LogP contribution in [0, 0.1) is 45.8 Å². The second-order valence-corrected chi connectivity index (χ2v) is 14.3. The van der Waals surface area contributed by atoms with E-state index in [1.54, 1.807) is 0 Å². The number of carbonyl (C=O) groups excluding carboxylic acids is 1. The minimum atomic E-state index is -4.68. The predicted molar refractivity (Wildman–Crippen MR) is 137 cm³/mol. The normalized spacial score (nSPS) is 41.1. The zero-order chi connectivity index (χ0) is 25.8. The third-order valence-corrected chi connectivity index (χ3v) is 11.8. The maximum absolute atomic E-state index is 14.0. The van der Waals surface area contributed by atoms with Gasteiger partial charge in [0.1, 0.15) is 5.78 Å². The van der Waals surface area contributed by atoms with Crippen LogP contribution in [0.1, 0.15) is 112 Å². The minimum Gasteiger partial charge on any atom is -0.726 e. The smallest absolute Gasteiger partial charge is 0.726 e. The SMILES string of the molecule is CC[C@@]12C(=O)C[C@H]([C@H](C)CCCC(C)C)[C@@]1(C)CCC1C2=CC[C@H]2C[C@@H](OS(=O)(=O)[O-])CC[C@]12C.[K+]. The zero-order valence-electron chi connectivity index (χ0n) is 23.8. The molecule has 0 spiro atoms. The Morgan fingerprint density at radius 3 is 2.44 bits per heavy atom. The zero-order valence-corrected chi connectivity index (χ0v) is 27.7. The Morgan fingerprint density at radius 2 is 1.83 bits per heavy atom. The van der Waals surface area contributed by atoms with Crippen LogP contribution in [0.4, 0.5) is 0 Å². The van der Waals surface area contributed by atoms with Crippen molar-refractivity contribution in [3.05, 3.63) is 11.6 Å². The van der Waals surface area contributed by atoms with Crippen LogP contribution < -0.4 is 51.4 Å². The molecule has 0 heterocycles. The summed E-state index contributed by atoms with van der Waals surface area (Å²) < 4.78 is 38.5. The molecule has 36 heavy (non-hydrogen) atoms. The van der Waals surface area contributed by atoms with Crippen LogP contribution in [0.3, 0.4) is 0 Å². The predicted octanol–water partition coefficient (Wildman–Crippen LogP) is 3.84. The van der Waals surface area contributed by atoms with Gasteiger partial charge in [0.2, 0.25) is 10.4 Å². The Kier molecular flexibility index (Phi) is 9.98. The fraction of sp³-hybridized carbons (Fsp3) is 0.897. The fourth-order valence-electron chi connectivity index (χ4n) is 9.43. The van der Waals surface area contributed by atoms with Gasteiger partial charge in [-0.15, -0.1) is 0 Å². The molecule has 0 aromatic rings. The van der Waals surface area contributed by atoms with Gasteiger partial charge in [0.15, 0.2) is 0 Å². The molecule has 7 heteroatoms. The Bertz CT molecular complexity index is 961. The number of allylic oxidation sites excluding steroid dienone is 2. The Balaban J connectivity index is 0.00000361. The van der Waals surface area contributed by atoms with Crippen LogP contribution in [-0.4, -0.2) is 24.9 Å².